The maximum Gasteiger partial charge on any atom is 0.340 e. The summed E-state index contributed by atoms with van der Waals surface area (Å²) in [6.45, 7) is 3.36. The highest BCUT2D eigenvalue weighted by Crippen LogP contribution is 2.34. The predicted molar refractivity (Wildman–Crippen MR) is 127 cm³/mol. The van der Waals surface area contributed by atoms with Crippen LogP contribution >= 0.6 is 0 Å². The summed E-state index contributed by atoms with van der Waals surface area (Å²) in [6, 6.07) is 8.23. The van der Waals surface area contributed by atoms with E-state index >= 15 is 0 Å². The summed E-state index contributed by atoms with van der Waals surface area (Å²) in [5.74, 6) is -0.560. The van der Waals surface area contributed by atoms with Gasteiger partial charge >= 0.3 is 11.6 Å². The zero-order chi connectivity index (χ0) is 24.4. The van der Waals surface area contributed by atoms with Gasteiger partial charge in [0.2, 0.25) is 5.91 Å². The molecule has 0 saturated carbocycles. The first-order chi connectivity index (χ1) is 16.3. The quantitative estimate of drug-likeness (QED) is 0.411. The molecule has 1 heterocycles. The molecule has 178 valence electrons. The number of fused-ring (bicyclic) bond motifs is 2. The van der Waals surface area contributed by atoms with Gasteiger partial charge in [0.05, 0.1) is 25.5 Å². The molecule has 0 fully saturated rings. The van der Waals surface area contributed by atoms with Crippen molar-refractivity contribution in [2.24, 2.45) is 5.92 Å². The third-order valence-corrected chi connectivity index (χ3v) is 5.93. The van der Waals surface area contributed by atoms with Crippen LogP contribution in [0.2, 0.25) is 0 Å². The maximum absolute atomic E-state index is 13.1. The molecule has 0 radical (unpaired) electrons. The van der Waals surface area contributed by atoms with Gasteiger partial charge < -0.3 is 23.9 Å². The molecule has 1 aromatic heterocycles. The molecule has 0 aliphatic heterocycles. The molecule has 0 unspecified atom stereocenters. The van der Waals surface area contributed by atoms with Gasteiger partial charge in [-0.3, -0.25) is 4.79 Å². The average molecular weight is 466 g/mol. The first kappa shape index (κ1) is 23.4. The SMILES string of the molecule is COc1cc(NC(=O)C(C)C)c(C(=O)OCc2cc(=O)oc3cc4c(cc23)CCC4)cc1OC. The van der Waals surface area contributed by atoms with Crippen molar-refractivity contribution in [1.29, 1.82) is 0 Å². The van der Waals surface area contributed by atoms with Crippen LogP contribution in [-0.4, -0.2) is 26.1 Å². The molecule has 0 bridgehead atoms. The smallest absolute Gasteiger partial charge is 0.340 e. The zero-order valence-electron chi connectivity index (χ0n) is 19.7. The monoisotopic (exact) mass is 465 g/mol. The second-order valence-corrected chi connectivity index (χ2v) is 8.53. The Morgan fingerprint density at radius 1 is 1.00 bits per heavy atom. The lowest BCUT2D eigenvalue weighted by molar-refractivity contribution is -0.118. The number of hydrogen-bond donors (Lipinski definition) is 1. The zero-order valence-corrected chi connectivity index (χ0v) is 19.7. The number of benzene rings is 2. The summed E-state index contributed by atoms with van der Waals surface area (Å²) in [6.07, 6.45) is 2.98. The van der Waals surface area contributed by atoms with Crippen LogP contribution in [0.5, 0.6) is 11.5 Å². The van der Waals surface area contributed by atoms with Crippen molar-refractivity contribution in [1.82, 2.24) is 0 Å². The topological polar surface area (TPSA) is 104 Å². The van der Waals surface area contributed by atoms with E-state index in [0.29, 0.717) is 22.6 Å². The molecular formula is C26H27NO7. The van der Waals surface area contributed by atoms with E-state index in [4.69, 9.17) is 18.6 Å². The van der Waals surface area contributed by atoms with E-state index in [1.165, 1.54) is 43.5 Å². The minimum atomic E-state index is -0.678. The molecule has 1 N–H and O–H groups in total. The van der Waals surface area contributed by atoms with Crippen molar-refractivity contribution in [3.05, 3.63) is 63.0 Å². The molecule has 8 heteroatoms. The number of carbonyl (C=O) groups excluding carboxylic acids is 2. The highest BCUT2D eigenvalue weighted by molar-refractivity contribution is 6.02. The average Bonchev–Trinajstić information content (AvgIpc) is 3.27. The number of carbonyl (C=O) groups is 2. The summed E-state index contributed by atoms with van der Waals surface area (Å²) in [5.41, 5.74) is 3.29. The minimum Gasteiger partial charge on any atom is -0.493 e. The van der Waals surface area contributed by atoms with Crippen LogP contribution in [-0.2, 0) is 29.0 Å². The number of aryl methyl sites for hydroxylation is 2. The van der Waals surface area contributed by atoms with Crippen LogP contribution in [0.4, 0.5) is 5.69 Å². The summed E-state index contributed by atoms with van der Waals surface area (Å²) in [7, 11) is 2.92. The maximum atomic E-state index is 13.1. The van der Waals surface area contributed by atoms with Crippen molar-refractivity contribution in [2.75, 3.05) is 19.5 Å². The van der Waals surface area contributed by atoms with Gasteiger partial charge in [0.15, 0.2) is 11.5 Å². The molecule has 3 aromatic rings. The van der Waals surface area contributed by atoms with Crippen LogP contribution in [0.3, 0.4) is 0 Å². The molecular weight excluding hydrogens is 438 g/mol. The van der Waals surface area contributed by atoms with E-state index < -0.39 is 11.6 Å². The van der Waals surface area contributed by atoms with Crippen LogP contribution in [0.1, 0.15) is 47.3 Å². The summed E-state index contributed by atoms with van der Waals surface area (Å²) >= 11 is 0. The van der Waals surface area contributed by atoms with Gasteiger partial charge in [0.1, 0.15) is 12.2 Å². The number of ether oxygens (including phenoxy) is 3. The van der Waals surface area contributed by atoms with Crippen LogP contribution in [0.25, 0.3) is 11.0 Å². The fourth-order valence-electron chi connectivity index (χ4n) is 4.06. The highest BCUT2D eigenvalue weighted by atomic mass is 16.5. The molecule has 2 aromatic carbocycles. The van der Waals surface area contributed by atoms with Crippen molar-refractivity contribution < 1.29 is 28.2 Å². The van der Waals surface area contributed by atoms with Gasteiger partial charge in [-0.1, -0.05) is 13.8 Å². The van der Waals surface area contributed by atoms with Crippen LogP contribution < -0.4 is 20.4 Å². The Morgan fingerprint density at radius 3 is 2.35 bits per heavy atom. The molecule has 1 amide bonds. The number of esters is 1. The van der Waals surface area contributed by atoms with Gasteiger partial charge in [-0.2, -0.15) is 0 Å². The van der Waals surface area contributed by atoms with Gasteiger partial charge in [0, 0.05) is 35.1 Å². The molecule has 4 rings (SSSR count). The van der Waals surface area contributed by atoms with Crippen molar-refractivity contribution >= 4 is 28.5 Å². The van der Waals surface area contributed by atoms with Crippen LogP contribution in [0.15, 0.2) is 39.5 Å². The first-order valence-corrected chi connectivity index (χ1v) is 11.1. The second kappa shape index (κ2) is 9.59. The third kappa shape index (κ3) is 4.62. The Balaban J connectivity index is 1.66. The molecule has 0 saturated heterocycles. The van der Waals surface area contributed by atoms with Crippen molar-refractivity contribution in [3.8, 4) is 11.5 Å². The number of rotatable bonds is 7. The summed E-state index contributed by atoms with van der Waals surface area (Å²) in [4.78, 5) is 37.5. The van der Waals surface area contributed by atoms with E-state index in [1.807, 2.05) is 12.1 Å². The lowest BCUT2D eigenvalue weighted by atomic mass is 10.0. The molecule has 0 atom stereocenters. The fourth-order valence-corrected chi connectivity index (χ4v) is 4.06. The summed E-state index contributed by atoms with van der Waals surface area (Å²) in [5, 5.41) is 3.49. The lowest BCUT2D eigenvalue weighted by Crippen LogP contribution is -2.20. The van der Waals surface area contributed by atoms with E-state index in [9.17, 15) is 14.4 Å². The lowest BCUT2D eigenvalue weighted by Gasteiger charge is -2.16. The number of anilines is 1. The molecule has 1 aliphatic carbocycles. The predicted octanol–water partition coefficient (Wildman–Crippen LogP) is 4.25. The third-order valence-electron chi connectivity index (χ3n) is 5.93. The largest absolute Gasteiger partial charge is 0.493 e. The Morgan fingerprint density at radius 2 is 1.68 bits per heavy atom. The first-order valence-electron chi connectivity index (χ1n) is 11.1. The normalized spacial score (nSPS) is 12.5. The van der Waals surface area contributed by atoms with Gasteiger partial charge in [0.25, 0.3) is 0 Å². The van der Waals surface area contributed by atoms with E-state index in [2.05, 4.69) is 5.32 Å². The van der Waals surface area contributed by atoms with Gasteiger partial charge in [-0.25, -0.2) is 9.59 Å². The Bertz CT molecular complexity index is 1320. The van der Waals surface area contributed by atoms with Crippen LogP contribution in [0, 0.1) is 5.92 Å². The fraction of sp³-hybridized carbons (Fsp3) is 0.346. The number of nitrogens with one attached hydrogen (secondary N) is 1. The Labute approximate surface area is 196 Å². The molecule has 8 nitrogen and oxygen atoms in total. The number of hydrogen-bond acceptors (Lipinski definition) is 7. The highest BCUT2D eigenvalue weighted by Gasteiger charge is 2.22. The van der Waals surface area contributed by atoms with Crippen molar-refractivity contribution in [3.63, 3.8) is 0 Å². The Hall–Kier alpha value is -3.81. The molecule has 0 spiro atoms. The Kier molecular flexibility index (Phi) is 6.58. The molecule has 1 aliphatic rings. The summed E-state index contributed by atoms with van der Waals surface area (Å²) < 4.78 is 21.6. The van der Waals surface area contributed by atoms with Gasteiger partial charge in [-0.05, 0) is 42.5 Å². The van der Waals surface area contributed by atoms with Crippen molar-refractivity contribution in [2.45, 2.75) is 39.7 Å². The minimum absolute atomic E-state index is 0.111. The van der Waals surface area contributed by atoms with Gasteiger partial charge in [-0.15, -0.1) is 0 Å². The molecule has 34 heavy (non-hydrogen) atoms. The van der Waals surface area contributed by atoms with E-state index in [0.717, 1.165) is 24.6 Å². The standard InChI is InChI=1S/C26H27NO7/c1-14(2)25(29)27-20-12-23(32-4)22(31-3)11-19(20)26(30)33-13-17-10-24(28)34-21-9-16-7-5-6-15(16)8-18(17)21/h8-12,14H,5-7,13H2,1-4H3,(H,27,29). The number of methoxy groups -OCH3 is 2. The number of amides is 1. The second-order valence-electron chi connectivity index (χ2n) is 8.53. The van der Waals surface area contributed by atoms with E-state index in [-0.39, 0.29) is 29.7 Å². The van der Waals surface area contributed by atoms with E-state index in [1.54, 1.807) is 13.8 Å².